The lowest BCUT2D eigenvalue weighted by molar-refractivity contribution is -0.152. The van der Waals surface area contributed by atoms with Crippen molar-refractivity contribution in [1.29, 1.82) is 0 Å². The van der Waals surface area contributed by atoms with Gasteiger partial charge in [-0.15, -0.1) is 0 Å². The molecule has 1 unspecified atom stereocenters. The second-order valence-corrected chi connectivity index (χ2v) is 5.43. The third-order valence-electron chi connectivity index (χ3n) is 3.02. The van der Waals surface area contributed by atoms with Crippen molar-refractivity contribution in [2.45, 2.75) is 6.04 Å². The third-order valence-corrected chi connectivity index (χ3v) is 3.51. The average molecular weight is 353 g/mol. The van der Waals surface area contributed by atoms with Crippen LogP contribution < -0.4 is 5.32 Å². The zero-order valence-electron chi connectivity index (χ0n) is 11.0. The van der Waals surface area contributed by atoms with Gasteiger partial charge in [-0.1, -0.05) is 28.1 Å². The van der Waals surface area contributed by atoms with Gasteiger partial charge < -0.3 is 15.3 Å². The van der Waals surface area contributed by atoms with Gasteiger partial charge in [0.2, 0.25) is 11.8 Å². The van der Waals surface area contributed by atoms with Gasteiger partial charge in [0.15, 0.2) is 0 Å². The molecule has 1 fully saturated rings. The van der Waals surface area contributed by atoms with E-state index in [1.54, 1.807) is 6.08 Å². The predicted molar refractivity (Wildman–Crippen MR) is 79.3 cm³/mol. The molecule has 1 aromatic carbocycles. The fourth-order valence-electron chi connectivity index (χ4n) is 1.97. The SMILES string of the molecule is O=C1CN(C(=O)/C=C/c2cccc(Br)c2)C(C(=O)O)CN1. The number of carboxylic acid groups (broad SMARTS) is 1. The third kappa shape index (κ3) is 3.91. The second-order valence-electron chi connectivity index (χ2n) is 4.51. The van der Waals surface area contributed by atoms with E-state index in [0.29, 0.717) is 0 Å². The zero-order valence-corrected chi connectivity index (χ0v) is 12.5. The summed E-state index contributed by atoms with van der Waals surface area (Å²) >= 11 is 3.32. The first-order valence-electron chi connectivity index (χ1n) is 6.21. The van der Waals surface area contributed by atoms with E-state index in [2.05, 4.69) is 21.2 Å². The van der Waals surface area contributed by atoms with E-state index in [-0.39, 0.29) is 19.0 Å². The summed E-state index contributed by atoms with van der Waals surface area (Å²) in [6, 6.07) is 6.27. The molecule has 1 heterocycles. The van der Waals surface area contributed by atoms with Crippen LogP contribution in [0.3, 0.4) is 0 Å². The molecule has 110 valence electrons. The van der Waals surface area contributed by atoms with Crippen LogP contribution in [-0.4, -0.2) is 46.9 Å². The van der Waals surface area contributed by atoms with Gasteiger partial charge in [0.1, 0.15) is 12.6 Å². The minimum Gasteiger partial charge on any atom is -0.480 e. The fraction of sp³-hybridized carbons (Fsp3) is 0.214. The smallest absolute Gasteiger partial charge is 0.328 e. The van der Waals surface area contributed by atoms with Crippen LogP contribution in [0.1, 0.15) is 5.56 Å². The van der Waals surface area contributed by atoms with Crippen LogP contribution >= 0.6 is 15.9 Å². The maximum Gasteiger partial charge on any atom is 0.328 e. The molecule has 0 saturated carbocycles. The molecular formula is C14H13BrN2O4. The Labute approximate surface area is 129 Å². The highest BCUT2D eigenvalue weighted by Gasteiger charge is 2.34. The summed E-state index contributed by atoms with van der Waals surface area (Å²) < 4.78 is 0.873. The van der Waals surface area contributed by atoms with Gasteiger partial charge in [-0.2, -0.15) is 0 Å². The topological polar surface area (TPSA) is 86.7 Å². The van der Waals surface area contributed by atoms with Crippen molar-refractivity contribution >= 4 is 39.8 Å². The monoisotopic (exact) mass is 352 g/mol. The maximum atomic E-state index is 12.1. The van der Waals surface area contributed by atoms with E-state index in [1.807, 2.05) is 24.3 Å². The molecule has 2 rings (SSSR count). The molecule has 21 heavy (non-hydrogen) atoms. The summed E-state index contributed by atoms with van der Waals surface area (Å²) in [4.78, 5) is 35.6. The van der Waals surface area contributed by atoms with Gasteiger partial charge in [-0.05, 0) is 23.8 Å². The normalized spacial score (nSPS) is 18.6. The summed E-state index contributed by atoms with van der Waals surface area (Å²) in [7, 11) is 0. The van der Waals surface area contributed by atoms with Crippen molar-refractivity contribution in [2.75, 3.05) is 13.1 Å². The lowest BCUT2D eigenvalue weighted by Gasteiger charge is -2.31. The largest absolute Gasteiger partial charge is 0.480 e. The van der Waals surface area contributed by atoms with Crippen LogP contribution in [0.4, 0.5) is 0 Å². The van der Waals surface area contributed by atoms with Gasteiger partial charge in [0.05, 0.1) is 0 Å². The number of piperazine rings is 1. The Morgan fingerprint density at radius 3 is 2.86 bits per heavy atom. The molecule has 1 atom stereocenters. The molecule has 0 aromatic heterocycles. The molecule has 0 spiro atoms. The predicted octanol–water partition coefficient (Wildman–Crippen LogP) is 0.874. The number of amides is 2. The quantitative estimate of drug-likeness (QED) is 0.790. The number of hydrogen-bond acceptors (Lipinski definition) is 3. The Balaban J connectivity index is 2.13. The molecule has 7 heteroatoms. The molecule has 1 aromatic rings. The van der Waals surface area contributed by atoms with E-state index in [4.69, 9.17) is 5.11 Å². The summed E-state index contributed by atoms with van der Waals surface area (Å²) in [5.41, 5.74) is 0.797. The first-order valence-corrected chi connectivity index (χ1v) is 7.00. The van der Waals surface area contributed by atoms with Crippen molar-refractivity contribution < 1.29 is 19.5 Å². The molecule has 1 aliphatic heterocycles. The summed E-state index contributed by atoms with van der Waals surface area (Å²) in [5, 5.41) is 11.5. The second kappa shape index (κ2) is 6.53. The zero-order chi connectivity index (χ0) is 15.4. The molecule has 1 aliphatic rings. The van der Waals surface area contributed by atoms with Crippen LogP contribution in [0.15, 0.2) is 34.8 Å². The number of aliphatic carboxylic acids is 1. The molecule has 1 saturated heterocycles. The van der Waals surface area contributed by atoms with Gasteiger partial charge in [0.25, 0.3) is 0 Å². The van der Waals surface area contributed by atoms with E-state index in [0.717, 1.165) is 14.9 Å². The summed E-state index contributed by atoms with van der Waals surface area (Å²) in [6.45, 7) is -0.330. The van der Waals surface area contributed by atoms with E-state index in [9.17, 15) is 14.4 Å². The Kier molecular flexibility index (Phi) is 4.74. The van der Waals surface area contributed by atoms with Gasteiger partial charge in [-0.3, -0.25) is 9.59 Å². The average Bonchev–Trinajstić information content (AvgIpc) is 2.44. The van der Waals surface area contributed by atoms with E-state index >= 15 is 0 Å². The summed E-state index contributed by atoms with van der Waals surface area (Å²) in [6.07, 6.45) is 2.86. The van der Waals surface area contributed by atoms with Crippen LogP contribution in [0, 0.1) is 0 Å². The van der Waals surface area contributed by atoms with Crippen LogP contribution in [0.5, 0.6) is 0 Å². The Bertz CT molecular complexity index is 615. The van der Waals surface area contributed by atoms with E-state index in [1.165, 1.54) is 6.08 Å². The minimum absolute atomic E-state index is 0.0787. The number of nitrogens with one attached hydrogen (secondary N) is 1. The number of halogens is 1. The lowest BCUT2D eigenvalue weighted by atomic mass is 10.1. The number of hydrogen-bond donors (Lipinski definition) is 2. The molecule has 0 bridgehead atoms. The van der Waals surface area contributed by atoms with Crippen LogP contribution in [-0.2, 0) is 14.4 Å². The van der Waals surface area contributed by atoms with Gasteiger partial charge >= 0.3 is 5.97 Å². The number of benzene rings is 1. The van der Waals surface area contributed by atoms with Crippen LogP contribution in [0.25, 0.3) is 6.08 Å². The Morgan fingerprint density at radius 2 is 2.19 bits per heavy atom. The van der Waals surface area contributed by atoms with Crippen molar-refractivity contribution in [1.82, 2.24) is 10.2 Å². The number of nitrogens with zero attached hydrogens (tertiary/aromatic N) is 1. The molecule has 0 aliphatic carbocycles. The van der Waals surface area contributed by atoms with Crippen molar-refractivity contribution in [3.63, 3.8) is 0 Å². The van der Waals surface area contributed by atoms with Crippen molar-refractivity contribution in [3.05, 3.63) is 40.4 Å². The van der Waals surface area contributed by atoms with Crippen LogP contribution in [0.2, 0.25) is 0 Å². The number of carbonyl (C=O) groups excluding carboxylic acids is 2. The Hall–Kier alpha value is -2.15. The first-order chi connectivity index (χ1) is 9.97. The minimum atomic E-state index is -1.14. The standard InChI is InChI=1S/C14H13BrN2O4/c15-10-3-1-2-9(6-10)4-5-13(19)17-8-12(18)16-7-11(17)14(20)21/h1-6,11H,7-8H2,(H,16,18)(H,20,21)/b5-4+. The first kappa shape index (κ1) is 15.2. The van der Waals surface area contributed by atoms with Crippen molar-refractivity contribution in [3.8, 4) is 0 Å². The summed E-state index contributed by atoms with van der Waals surface area (Å²) in [5.74, 6) is -2.01. The number of carboxylic acids is 1. The number of rotatable bonds is 3. The lowest BCUT2D eigenvalue weighted by Crippen LogP contribution is -2.59. The van der Waals surface area contributed by atoms with Crippen molar-refractivity contribution in [2.24, 2.45) is 0 Å². The molecule has 6 nitrogen and oxygen atoms in total. The highest BCUT2D eigenvalue weighted by Crippen LogP contribution is 2.13. The highest BCUT2D eigenvalue weighted by atomic mass is 79.9. The van der Waals surface area contributed by atoms with E-state index < -0.39 is 17.9 Å². The maximum absolute atomic E-state index is 12.1. The highest BCUT2D eigenvalue weighted by molar-refractivity contribution is 9.10. The molecule has 0 radical (unpaired) electrons. The molecule has 2 amide bonds. The fourth-order valence-corrected chi connectivity index (χ4v) is 2.38. The number of carbonyl (C=O) groups is 3. The van der Waals surface area contributed by atoms with Gasteiger partial charge in [-0.25, -0.2) is 4.79 Å². The molecule has 2 N–H and O–H groups in total. The Morgan fingerprint density at radius 1 is 1.43 bits per heavy atom. The van der Waals surface area contributed by atoms with Gasteiger partial charge in [0, 0.05) is 17.1 Å². The molecular weight excluding hydrogens is 340 g/mol.